The van der Waals surface area contributed by atoms with Crippen LogP contribution < -0.4 is 15.1 Å². The Kier molecular flexibility index (Phi) is 4.67. The molecule has 3 aromatic rings. The number of benzene rings is 2. The Hall–Kier alpha value is -3.67. The summed E-state index contributed by atoms with van der Waals surface area (Å²) in [7, 11) is 0. The number of anilines is 3. The van der Waals surface area contributed by atoms with E-state index in [9.17, 15) is 9.59 Å². The highest BCUT2D eigenvalue weighted by molar-refractivity contribution is 6.07. The molecule has 1 fully saturated rings. The fourth-order valence-corrected chi connectivity index (χ4v) is 4.17. The topological polar surface area (TPSA) is 65.5 Å². The summed E-state index contributed by atoms with van der Waals surface area (Å²) in [5.74, 6) is 0.588. The highest BCUT2D eigenvalue weighted by Crippen LogP contribution is 2.29. The Balaban J connectivity index is 1.26. The monoisotopic (exact) mass is 398 g/mol. The molecule has 0 saturated carbocycles. The predicted molar refractivity (Wildman–Crippen MR) is 117 cm³/mol. The van der Waals surface area contributed by atoms with Gasteiger partial charge >= 0.3 is 0 Å². The molecule has 30 heavy (non-hydrogen) atoms. The van der Waals surface area contributed by atoms with Crippen molar-refractivity contribution in [2.45, 2.75) is 18.9 Å². The van der Waals surface area contributed by atoms with Crippen LogP contribution in [0.3, 0.4) is 0 Å². The minimum absolute atomic E-state index is 0.0387. The molecule has 150 valence electrons. The summed E-state index contributed by atoms with van der Waals surface area (Å²) in [5.41, 5.74) is 3.62. The summed E-state index contributed by atoms with van der Waals surface area (Å²) < 4.78 is 0. The van der Waals surface area contributed by atoms with Crippen LogP contribution >= 0.6 is 0 Å². The number of carbonyl (C=O) groups excluding carboxylic acids is 2. The van der Waals surface area contributed by atoms with Gasteiger partial charge in [-0.25, -0.2) is 4.98 Å². The highest BCUT2D eigenvalue weighted by atomic mass is 16.2. The average Bonchev–Trinajstić information content (AvgIpc) is 3.38. The van der Waals surface area contributed by atoms with Crippen LogP contribution in [0.5, 0.6) is 0 Å². The van der Waals surface area contributed by atoms with Crippen LogP contribution in [0, 0.1) is 0 Å². The van der Waals surface area contributed by atoms with Crippen molar-refractivity contribution in [2.24, 2.45) is 0 Å². The molecule has 5 rings (SSSR count). The summed E-state index contributed by atoms with van der Waals surface area (Å²) in [6, 6.07) is 20.9. The Morgan fingerprint density at radius 2 is 1.77 bits per heavy atom. The average molecular weight is 398 g/mol. The summed E-state index contributed by atoms with van der Waals surface area (Å²) >= 11 is 0. The molecule has 1 atom stereocenters. The first-order valence-electron chi connectivity index (χ1n) is 10.2. The first kappa shape index (κ1) is 18.4. The fraction of sp³-hybridized carbons (Fsp3) is 0.208. The second-order valence-electron chi connectivity index (χ2n) is 7.58. The Morgan fingerprint density at radius 3 is 2.57 bits per heavy atom. The molecule has 0 spiro atoms. The second-order valence-corrected chi connectivity index (χ2v) is 7.58. The van der Waals surface area contributed by atoms with Crippen LogP contribution in [0.1, 0.15) is 22.3 Å². The van der Waals surface area contributed by atoms with Gasteiger partial charge in [-0.15, -0.1) is 0 Å². The molecular formula is C24H22N4O2. The number of carbonyl (C=O) groups is 2. The lowest BCUT2D eigenvalue weighted by Crippen LogP contribution is -2.33. The fourth-order valence-electron chi connectivity index (χ4n) is 4.17. The lowest BCUT2D eigenvalue weighted by Gasteiger charge is -2.18. The Labute approximate surface area is 175 Å². The van der Waals surface area contributed by atoms with E-state index in [1.165, 1.54) is 5.56 Å². The van der Waals surface area contributed by atoms with Crippen molar-refractivity contribution in [3.05, 3.63) is 84.1 Å². The van der Waals surface area contributed by atoms with Crippen molar-refractivity contribution in [1.29, 1.82) is 0 Å². The van der Waals surface area contributed by atoms with Crippen LogP contribution in [0.15, 0.2) is 72.9 Å². The SMILES string of the molecule is O=C1C(Nc2ccc(C(=O)N3CCc4ccccc43)cn2)CCN1c1ccccc1. The van der Waals surface area contributed by atoms with Crippen LogP contribution in [0.2, 0.25) is 0 Å². The zero-order chi connectivity index (χ0) is 20.5. The number of para-hydroxylation sites is 2. The molecule has 1 saturated heterocycles. The Bertz CT molecular complexity index is 1080. The van der Waals surface area contributed by atoms with E-state index < -0.39 is 0 Å². The maximum absolute atomic E-state index is 12.9. The second kappa shape index (κ2) is 7.63. The molecular weight excluding hydrogens is 376 g/mol. The first-order chi connectivity index (χ1) is 14.7. The number of fused-ring (bicyclic) bond motifs is 1. The molecule has 0 aliphatic carbocycles. The van der Waals surface area contributed by atoms with E-state index in [0.717, 1.165) is 17.8 Å². The molecule has 2 aromatic carbocycles. The molecule has 6 heteroatoms. The largest absolute Gasteiger partial charge is 0.358 e. The standard InChI is InChI=1S/C24H22N4O2/c29-23(28-14-12-17-6-4-5-9-21(17)28)18-10-11-22(25-16-18)26-20-13-15-27(24(20)30)19-7-2-1-3-8-19/h1-11,16,20H,12-15H2,(H,25,26). The molecule has 2 aliphatic rings. The predicted octanol–water partition coefficient (Wildman–Crippen LogP) is 3.50. The van der Waals surface area contributed by atoms with Crippen molar-refractivity contribution < 1.29 is 9.59 Å². The number of nitrogens with zero attached hydrogens (tertiary/aromatic N) is 3. The Morgan fingerprint density at radius 1 is 0.967 bits per heavy atom. The van der Waals surface area contributed by atoms with Gasteiger partial charge < -0.3 is 15.1 Å². The van der Waals surface area contributed by atoms with Gasteiger partial charge in [0.1, 0.15) is 11.9 Å². The van der Waals surface area contributed by atoms with Crippen molar-refractivity contribution in [3.63, 3.8) is 0 Å². The molecule has 2 aliphatic heterocycles. The number of hydrogen-bond acceptors (Lipinski definition) is 4. The highest BCUT2D eigenvalue weighted by Gasteiger charge is 2.32. The minimum atomic E-state index is -0.315. The quantitative estimate of drug-likeness (QED) is 0.731. The normalized spacial score (nSPS) is 17.9. The molecule has 3 heterocycles. The lowest BCUT2D eigenvalue weighted by atomic mass is 10.2. The van der Waals surface area contributed by atoms with E-state index in [4.69, 9.17) is 0 Å². The van der Waals surface area contributed by atoms with Gasteiger partial charge in [0, 0.05) is 30.7 Å². The summed E-state index contributed by atoms with van der Waals surface area (Å²) in [6.07, 6.45) is 3.16. The van der Waals surface area contributed by atoms with Crippen molar-refractivity contribution in [1.82, 2.24) is 4.98 Å². The van der Waals surface area contributed by atoms with Crippen LogP contribution in [-0.4, -0.2) is 35.9 Å². The van der Waals surface area contributed by atoms with Gasteiger partial charge in [0.05, 0.1) is 5.56 Å². The number of hydrogen-bond donors (Lipinski definition) is 1. The summed E-state index contributed by atoms with van der Waals surface area (Å²) in [4.78, 5) is 33.7. The molecule has 2 amide bonds. The molecule has 6 nitrogen and oxygen atoms in total. The molecule has 1 aromatic heterocycles. The summed E-state index contributed by atoms with van der Waals surface area (Å²) in [5, 5.41) is 3.21. The summed E-state index contributed by atoms with van der Waals surface area (Å²) in [6.45, 7) is 1.36. The van der Waals surface area contributed by atoms with Crippen molar-refractivity contribution in [3.8, 4) is 0 Å². The molecule has 1 unspecified atom stereocenters. The van der Waals surface area contributed by atoms with E-state index in [2.05, 4.69) is 16.4 Å². The van der Waals surface area contributed by atoms with Gasteiger partial charge in [-0.3, -0.25) is 9.59 Å². The van der Waals surface area contributed by atoms with Crippen LogP contribution in [-0.2, 0) is 11.2 Å². The van der Waals surface area contributed by atoms with E-state index in [1.54, 1.807) is 28.1 Å². The number of nitrogens with one attached hydrogen (secondary N) is 1. The zero-order valence-electron chi connectivity index (χ0n) is 16.5. The number of amides is 2. The van der Waals surface area contributed by atoms with Crippen LogP contribution in [0.4, 0.5) is 17.2 Å². The van der Waals surface area contributed by atoms with E-state index in [-0.39, 0.29) is 17.9 Å². The maximum atomic E-state index is 12.9. The third kappa shape index (κ3) is 3.30. The zero-order valence-corrected chi connectivity index (χ0v) is 16.5. The number of rotatable bonds is 4. The number of pyridine rings is 1. The smallest absolute Gasteiger partial charge is 0.259 e. The molecule has 0 radical (unpaired) electrons. The maximum Gasteiger partial charge on any atom is 0.259 e. The minimum Gasteiger partial charge on any atom is -0.358 e. The first-order valence-corrected chi connectivity index (χ1v) is 10.2. The third-order valence-electron chi connectivity index (χ3n) is 5.74. The van der Waals surface area contributed by atoms with Gasteiger partial charge in [0.2, 0.25) is 5.91 Å². The van der Waals surface area contributed by atoms with Crippen LogP contribution in [0.25, 0.3) is 0 Å². The van der Waals surface area contributed by atoms with Gasteiger partial charge in [-0.1, -0.05) is 36.4 Å². The van der Waals surface area contributed by atoms with Gasteiger partial charge in [-0.2, -0.15) is 0 Å². The number of aromatic nitrogens is 1. The van der Waals surface area contributed by atoms with Gasteiger partial charge in [-0.05, 0) is 48.7 Å². The molecule has 0 bridgehead atoms. The molecule has 1 N–H and O–H groups in total. The van der Waals surface area contributed by atoms with E-state index in [0.29, 0.717) is 30.9 Å². The van der Waals surface area contributed by atoms with E-state index >= 15 is 0 Å². The van der Waals surface area contributed by atoms with Crippen molar-refractivity contribution >= 4 is 29.0 Å². The van der Waals surface area contributed by atoms with Gasteiger partial charge in [0.25, 0.3) is 5.91 Å². The van der Waals surface area contributed by atoms with Crippen molar-refractivity contribution in [2.75, 3.05) is 28.2 Å². The van der Waals surface area contributed by atoms with E-state index in [1.807, 2.05) is 48.5 Å². The van der Waals surface area contributed by atoms with Gasteiger partial charge in [0.15, 0.2) is 0 Å². The lowest BCUT2D eigenvalue weighted by molar-refractivity contribution is -0.117. The third-order valence-corrected chi connectivity index (χ3v) is 5.74.